The van der Waals surface area contributed by atoms with Crippen molar-refractivity contribution >= 4 is 11.8 Å². The number of hydrogen-bond donors (Lipinski definition) is 1. The number of carboxylic acids is 1. The topological polar surface area (TPSA) is 75.1 Å². The number of piperazine rings is 1. The highest BCUT2D eigenvalue weighted by molar-refractivity contribution is 5.95. The van der Waals surface area contributed by atoms with Gasteiger partial charge in [0.25, 0.3) is 0 Å². The van der Waals surface area contributed by atoms with Crippen molar-refractivity contribution in [2.45, 2.75) is 46.4 Å². The van der Waals surface area contributed by atoms with Gasteiger partial charge in [-0.1, -0.05) is 38.1 Å². The quantitative estimate of drug-likeness (QED) is 0.551. The van der Waals surface area contributed by atoms with E-state index >= 15 is 0 Å². The Bertz CT molecular complexity index is 871. The monoisotopic (exact) mass is 441 g/mol. The van der Waals surface area contributed by atoms with Gasteiger partial charge in [0.05, 0.1) is 0 Å². The number of pyridine rings is 1. The molecule has 1 saturated heterocycles. The van der Waals surface area contributed by atoms with E-state index < -0.39 is 5.97 Å². The zero-order valence-electron chi connectivity index (χ0n) is 19.6. The molecule has 1 aromatic carbocycles. The van der Waals surface area contributed by atoms with Crippen LogP contribution in [0.25, 0.3) is 0 Å². The van der Waals surface area contributed by atoms with Gasteiger partial charge in [0, 0.05) is 57.7 Å². The Hall–Kier alpha value is -2.48. The number of aromatic carboxylic acids is 1. The van der Waals surface area contributed by atoms with E-state index in [1.54, 1.807) is 6.20 Å². The van der Waals surface area contributed by atoms with Crippen molar-refractivity contribution in [1.29, 1.82) is 0 Å². The minimum atomic E-state index is -0.906. The van der Waals surface area contributed by atoms with Gasteiger partial charge in [0.15, 0.2) is 6.29 Å². The summed E-state index contributed by atoms with van der Waals surface area (Å²) in [7, 11) is 0. The SMILES string of the molecule is CCOC(OCC)c1ccc(CN2CCN(c3nccc(C(C)C)c3C(=O)O)CC2)cc1. The summed E-state index contributed by atoms with van der Waals surface area (Å²) in [5, 5.41) is 9.81. The normalized spacial score (nSPS) is 15.0. The highest BCUT2D eigenvalue weighted by atomic mass is 16.7. The van der Waals surface area contributed by atoms with Gasteiger partial charge in [-0.15, -0.1) is 0 Å². The number of nitrogens with zero attached hydrogens (tertiary/aromatic N) is 3. The van der Waals surface area contributed by atoms with Crippen molar-refractivity contribution in [3.05, 3.63) is 58.8 Å². The van der Waals surface area contributed by atoms with Gasteiger partial charge in [0.1, 0.15) is 11.4 Å². The van der Waals surface area contributed by atoms with Crippen LogP contribution in [0.2, 0.25) is 0 Å². The number of benzene rings is 1. The van der Waals surface area contributed by atoms with Crippen molar-refractivity contribution in [3.63, 3.8) is 0 Å². The Morgan fingerprint density at radius 2 is 1.66 bits per heavy atom. The van der Waals surface area contributed by atoms with Crippen LogP contribution < -0.4 is 4.90 Å². The average Bonchev–Trinajstić information content (AvgIpc) is 2.79. The smallest absolute Gasteiger partial charge is 0.339 e. The average molecular weight is 442 g/mol. The summed E-state index contributed by atoms with van der Waals surface area (Å²) in [5.41, 5.74) is 3.44. The molecule has 174 valence electrons. The zero-order chi connectivity index (χ0) is 23.1. The number of aromatic nitrogens is 1. The van der Waals surface area contributed by atoms with Crippen molar-refractivity contribution in [2.75, 3.05) is 44.3 Å². The first-order valence-corrected chi connectivity index (χ1v) is 11.5. The van der Waals surface area contributed by atoms with Crippen molar-refractivity contribution in [3.8, 4) is 0 Å². The van der Waals surface area contributed by atoms with E-state index in [0.717, 1.165) is 43.9 Å². The number of rotatable bonds is 10. The summed E-state index contributed by atoms with van der Waals surface area (Å²) in [5.74, 6) is -0.181. The van der Waals surface area contributed by atoms with Crippen LogP contribution in [0, 0.1) is 0 Å². The third kappa shape index (κ3) is 5.85. The Balaban J connectivity index is 1.62. The van der Waals surface area contributed by atoms with E-state index in [2.05, 4.69) is 39.0 Å². The summed E-state index contributed by atoms with van der Waals surface area (Å²) in [4.78, 5) is 20.9. The van der Waals surface area contributed by atoms with E-state index in [9.17, 15) is 9.90 Å². The second-order valence-electron chi connectivity index (χ2n) is 8.31. The van der Waals surface area contributed by atoms with Gasteiger partial charge in [-0.05, 0) is 37.0 Å². The maximum Gasteiger partial charge on any atom is 0.339 e. The van der Waals surface area contributed by atoms with E-state index in [1.807, 2.05) is 33.8 Å². The van der Waals surface area contributed by atoms with E-state index in [1.165, 1.54) is 5.56 Å². The fourth-order valence-corrected chi connectivity index (χ4v) is 4.10. The number of carboxylic acid groups (broad SMARTS) is 1. The summed E-state index contributed by atoms with van der Waals surface area (Å²) >= 11 is 0. The molecule has 3 rings (SSSR count). The molecule has 0 atom stereocenters. The molecule has 0 spiro atoms. The van der Waals surface area contributed by atoms with Crippen LogP contribution in [0.5, 0.6) is 0 Å². The van der Waals surface area contributed by atoms with Gasteiger partial charge in [-0.25, -0.2) is 9.78 Å². The second kappa shape index (κ2) is 11.4. The molecule has 32 heavy (non-hydrogen) atoms. The molecule has 7 nitrogen and oxygen atoms in total. The number of anilines is 1. The Morgan fingerprint density at radius 3 is 2.19 bits per heavy atom. The maximum absolute atomic E-state index is 12.0. The van der Waals surface area contributed by atoms with Gasteiger partial charge < -0.3 is 19.5 Å². The first kappa shape index (κ1) is 24.2. The third-order valence-electron chi connectivity index (χ3n) is 5.77. The van der Waals surface area contributed by atoms with Crippen LogP contribution in [-0.4, -0.2) is 60.4 Å². The lowest BCUT2D eigenvalue weighted by Crippen LogP contribution is -2.46. The van der Waals surface area contributed by atoms with Gasteiger partial charge in [0.2, 0.25) is 0 Å². The summed E-state index contributed by atoms with van der Waals surface area (Å²) in [6.45, 7) is 13.2. The van der Waals surface area contributed by atoms with Gasteiger partial charge in [-0.3, -0.25) is 4.90 Å². The molecule has 0 amide bonds. The molecule has 0 aliphatic carbocycles. The first-order valence-electron chi connectivity index (χ1n) is 11.5. The summed E-state index contributed by atoms with van der Waals surface area (Å²) in [6, 6.07) is 10.2. The van der Waals surface area contributed by atoms with Crippen molar-refractivity contribution in [1.82, 2.24) is 9.88 Å². The van der Waals surface area contributed by atoms with Crippen LogP contribution in [0.4, 0.5) is 5.82 Å². The Labute approximate surface area is 191 Å². The minimum absolute atomic E-state index is 0.136. The lowest BCUT2D eigenvalue weighted by Gasteiger charge is -2.36. The molecular weight excluding hydrogens is 406 g/mol. The zero-order valence-corrected chi connectivity index (χ0v) is 19.6. The highest BCUT2D eigenvalue weighted by Gasteiger charge is 2.25. The molecule has 0 bridgehead atoms. The van der Waals surface area contributed by atoms with E-state index in [4.69, 9.17) is 9.47 Å². The lowest BCUT2D eigenvalue weighted by atomic mass is 9.98. The van der Waals surface area contributed by atoms with E-state index in [-0.39, 0.29) is 12.2 Å². The molecule has 0 radical (unpaired) electrons. The van der Waals surface area contributed by atoms with Crippen LogP contribution in [0.3, 0.4) is 0 Å². The molecule has 1 aliphatic heterocycles. The van der Waals surface area contributed by atoms with Crippen LogP contribution in [-0.2, 0) is 16.0 Å². The van der Waals surface area contributed by atoms with E-state index in [0.29, 0.717) is 24.6 Å². The lowest BCUT2D eigenvalue weighted by molar-refractivity contribution is -0.140. The molecule has 2 heterocycles. The molecule has 1 fully saturated rings. The standard InChI is InChI=1S/C25H35N3O4/c1-5-31-25(32-6-2)20-9-7-19(8-10-20)17-27-13-15-28(16-14-27)23-22(24(29)30)21(18(3)4)11-12-26-23/h7-12,18,25H,5-6,13-17H2,1-4H3,(H,29,30). The first-order chi connectivity index (χ1) is 15.4. The maximum atomic E-state index is 12.0. The molecule has 0 unspecified atom stereocenters. The molecule has 1 aliphatic rings. The second-order valence-corrected chi connectivity index (χ2v) is 8.31. The van der Waals surface area contributed by atoms with Gasteiger partial charge >= 0.3 is 5.97 Å². The van der Waals surface area contributed by atoms with Crippen molar-refractivity contribution in [2.24, 2.45) is 0 Å². The Kier molecular flexibility index (Phi) is 8.61. The summed E-state index contributed by atoms with van der Waals surface area (Å²) in [6.07, 6.45) is 1.41. The predicted molar refractivity (Wildman–Crippen MR) is 125 cm³/mol. The predicted octanol–water partition coefficient (Wildman–Crippen LogP) is 4.30. The highest BCUT2D eigenvalue weighted by Crippen LogP contribution is 2.28. The van der Waals surface area contributed by atoms with Crippen LogP contribution >= 0.6 is 0 Å². The van der Waals surface area contributed by atoms with Crippen LogP contribution in [0.15, 0.2) is 36.5 Å². The Morgan fingerprint density at radius 1 is 1.03 bits per heavy atom. The molecule has 0 saturated carbocycles. The largest absolute Gasteiger partial charge is 0.478 e. The molecular formula is C25H35N3O4. The molecule has 7 heteroatoms. The number of hydrogen-bond acceptors (Lipinski definition) is 6. The molecule has 2 aromatic rings. The van der Waals surface area contributed by atoms with Crippen LogP contribution in [0.1, 0.15) is 67.0 Å². The molecule has 1 N–H and O–H groups in total. The number of carbonyl (C=O) groups is 1. The molecule has 1 aromatic heterocycles. The summed E-state index contributed by atoms with van der Waals surface area (Å²) < 4.78 is 11.4. The number of ether oxygens (including phenoxy) is 2. The van der Waals surface area contributed by atoms with Crippen molar-refractivity contribution < 1.29 is 19.4 Å². The minimum Gasteiger partial charge on any atom is -0.478 e. The fourth-order valence-electron chi connectivity index (χ4n) is 4.10. The van der Waals surface area contributed by atoms with Gasteiger partial charge in [-0.2, -0.15) is 0 Å². The fraction of sp³-hybridized carbons (Fsp3) is 0.520. The third-order valence-corrected chi connectivity index (χ3v) is 5.77.